The summed E-state index contributed by atoms with van der Waals surface area (Å²) in [6.45, 7) is 8.30. The van der Waals surface area contributed by atoms with Crippen LogP contribution >= 0.6 is 0 Å². The summed E-state index contributed by atoms with van der Waals surface area (Å²) >= 11 is 0. The van der Waals surface area contributed by atoms with Crippen molar-refractivity contribution in [2.45, 2.75) is 46.1 Å². The summed E-state index contributed by atoms with van der Waals surface area (Å²) in [5.74, 6) is 2.54. The fourth-order valence-electron chi connectivity index (χ4n) is 2.04. The summed E-state index contributed by atoms with van der Waals surface area (Å²) in [6, 6.07) is 5.84. The Morgan fingerprint density at radius 3 is 2.83 bits per heavy atom. The van der Waals surface area contributed by atoms with Gasteiger partial charge in [0.25, 0.3) is 0 Å². The van der Waals surface area contributed by atoms with Gasteiger partial charge in [0.05, 0.1) is 12.2 Å². The Kier molecular flexibility index (Phi) is 7.20. The van der Waals surface area contributed by atoms with E-state index in [1.165, 1.54) is 0 Å². The first kappa shape index (κ1) is 17.9. The summed E-state index contributed by atoms with van der Waals surface area (Å²) in [5.41, 5.74) is 0.946. The zero-order valence-electron chi connectivity index (χ0n) is 14.6. The highest BCUT2D eigenvalue weighted by atomic mass is 16.5. The van der Waals surface area contributed by atoms with Crippen LogP contribution in [0.5, 0.6) is 0 Å². The van der Waals surface area contributed by atoms with Crippen molar-refractivity contribution < 1.29 is 4.52 Å². The van der Waals surface area contributed by atoms with Crippen LogP contribution in [0.25, 0.3) is 0 Å². The third-order valence-corrected chi connectivity index (χ3v) is 3.33. The largest absolute Gasteiger partial charge is 0.357 e. The molecule has 0 radical (unpaired) electrons. The maximum Gasteiger partial charge on any atom is 0.226 e. The minimum atomic E-state index is 0.291. The Labute approximate surface area is 143 Å². The molecule has 0 saturated carbocycles. The minimum absolute atomic E-state index is 0.291. The number of rotatable bonds is 8. The second-order valence-corrected chi connectivity index (χ2v) is 5.75. The van der Waals surface area contributed by atoms with Crippen molar-refractivity contribution >= 4 is 5.96 Å². The molecule has 0 amide bonds. The van der Waals surface area contributed by atoms with Crippen molar-refractivity contribution in [3.8, 4) is 0 Å². The molecular formula is C17H26N6O. The molecule has 0 saturated heterocycles. The van der Waals surface area contributed by atoms with Crippen molar-refractivity contribution in [3.63, 3.8) is 0 Å². The fraction of sp³-hybridized carbons (Fsp3) is 0.529. The number of aromatic nitrogens is 3. The molecule has 0 aliphatic heterocycles. The first-order valence-corrected chi connectivity index (χ1v) is 8.43. The standard InChI is InChI=1S/C17H26N6O/c1-4-18-17(21-12-14-8-5-6-10-19-14)20-11-7-9-15-22-16(13(2)3)23-24-15/h5-6,8,10,13H,4,7,9,11-12H2,1-3H3,(H2,18,20,21). The van der Waals surface area contributed by atoms with Gasteiger partial charge in [-0.05, 0) is 25.5 Å². The predicted molar refractivity (Wildman–Crippen MR) is 93.8 cm³/mol. The van der Waals surface area contributed by atoms with Gasteiger partial charge in [0.2, 0.25) is 5.89 Å². The monoisotopic (exact) mass is 330 g/mol. The normalized spacial score (nSPS) is 11.8. The number of guanidine groups is 1. The smallest absolute Gasteiger partial charge is 0.226 e. The number of hydrogen-bond donors (Lipinski definition) is 2. The summed E-state index contributed by atoms with van der Waals surface area (Å²) in [5, 5.41) is 10.5. The van der Waals surface area contributed by atoms with Crippen LogP contribution in [-0.2, 0) is 13.0 Å². The number of aryl methyl sites for hydroxylation is 1. The molecule has 2 heterocycles. The summed E-state index contributed by atoms with van der Waals surface area (Å²) in [4.78, 5) is 13.2. The molecule has 7 nitrogen and oxygen atoms in total. The summed E-state index contributed by atoms with van der Waals surface area (Å²) < 4.78 is 5.24. The Hall–Kier alpha value is -2.44. The third-order valence-electron chi connectivity index (χ3n) is 3.33. The lowest BCUT2D eigenvalue weighted by Gasteiger charge is -2.10. The van der Waals surface area contributed by atoms with E-state index in [9.17, 15) is 0 Å². The molecule has 0 aromatic carbocycles. The van der Waals surface area contributed by atoms with E-state index in [-0.39, 0.29) is 0 Å². The molecule has 2 N–H and O–H groups in total. The first-order valence-electron chi connectivity index (χ1n) is 8.43. The molecule has 0 atom stereocenters. The highest BCUT2D eigenvalue weighted by Crippen LogP contribution is 2.10. The molecule has 2 aromatic rings. The van der Waals surface area contributed by atoms with Crippen molar-refractivity contribution in [1.82, 2.24) is 25.8 Å². The maximum atomic E-state index is 5.24. The van der Waals surface area contributed by atoms with E-state index in [2.05, 4.69) is 44.6 Å². The molecule has 0 aliphatic carbocycles. The van der Waals surface area contributed by atoms with Crippen molar-refractivity contribution in [1.29, 1.82) is 0 Å². The number of aliphatic imine (C=N–C) groups is 1. The summed E-state index contributed by atoms with van der Waals surface area (Å²) in [7, 11) is 0. The predicted octanol–water partition coefficient (Wildman–Crippen LogP) is 2.28. The third kappa shape index (κ3) is 5.98. The molecular weight excluding hydrogens is 304 g/mol. The molecule has 2 rings (SSSR count). The van der Waals surface area contributed by atoms with Crippen molar-refractivity contribution in [3.05, 3.63) is 41.8 Å². The average Bonchev–Trinajstić information content (AvgIpc) is 3.06. The second kappa shape index (κ2) is 9.64. The topological polar surface area (TPSA) is 88.2 Å². The van der Waals surface area contributed by atoms with Gasteiger partial charge in [-0.15, -0.1) is 0 Å². The lowest BCUT2D eigenvalue weighted by molar-refractivity contribution is 0.368. The second-order valence-electron chi connectivity index (χ2n) is 5.75. The lowest BCUT2D eigenvalue weighted by Crippen LogP contribution is -2.37. The molecule has 2 aromatic heterocycles. The van der Waals surface area contributed by atoms with Gasteiger partial charge in [0, 0.05) is 31.6 Å². The van der Waals surface area contributed by atoms with E-state index >= 15 is 0 Å². The van der Waals surface area contributed by atoms with E-state index in [4.69, 9.17) is 4.52 Å². The number of hydrogen-bond acceptors (Lipinski definition) is 5. The highest BCUT2D eigenvalue weighted by Gasteiger charge is 2.09. The van der Waals surface area contributed by atoms with Crippen LogP contribution in [0.4, 0.5) is 0 Å². The molecule has 0 aliphatic rings. The number of nitrogens with one attached hydrogen (secondary N) is 2. The zero-order valence-corrected chi connectivity index (χ0v) is 14.6. The van der Waals surface area contributed by atoms with Crippen LogP contribution in [0.3, 0.4) is 0 Å². The molecule has 7 heteroatoms. The van der Waals surface area contributed by atoms with Crippen LogP contribution in [0.2, 0.25) is 0 Å². The van der Waals surface area contributed by atoms with Crippen molar-refractivity contribution in [2.75, 3.05) is 13.1 Å². The molecule has 130 valence electrons. The Balaban J connectivity index is 1.76. The van der Waals surface area contributed by atoms with E-state index < -0.39 is 0 Å². The first-order chi connectivity index (χ1) is 11.7. The zero-order chi connectivity index (χ0) is 17.2. The number of nitrogens with zero attached hydrogens (tertiary/aromatic N) is 4. The van der Waals surface area contributed by atoms with Gasteiger partial charge in [0.1, 0.15) is 0 Å². The highest BCUT2D eigenvalue weighted by molar-refractivity contribution is 5.79. The van der Waals surface area contributed by atoms with Crippen LogP contribution < -0.4 is 10.6 Å². The van der Waals surface area contributed by atoms with Gasteiger partial charge in [0.15, 0.2) is 11.8 Å². The van der Waals surface area contributed by atoms with Crippen LogP contribution in [0.15, 0.2) is 33.9 Å². The van der Waals surface area contributed by atoms with E-state index in [1.54, 1.807) is 6.20 Å². The van der Waals surface area contributed by atoms with E-state index in [0.29, 0.717) is 18.4 Å². The van der Waals surface area contributed by atoms with Crippen LogP contribution in [-0.4, -0.2) is 34.2 Å². The summed E-state index contributed by atoms with van der Waals surface area (Å²) in [6.07, 6.45) is 3.43. The van der Waals surface area contributed by atoms with Gasteiger partial charge in [-0.2, -0.15) is 4.98 Å². The van der Waals surface area contributed by atoms with Gasteiger partial charge in [-0.25, -0.2) is 4.99 Å². The van der Waals surface area contributed by atoms with Gasteiger partial charge >= 0.3 is 0 Å². The average molecular weight is 330 g/mol. The van der Waals surface area contributed by atoms with E-state index in [1.807, 2.05) is 25.1 Å². The molecule has 0 spiro atoms. The molecule has 0 unspecified atom stereocenters. The maximum absolute atomic E-state index is 5.24. The minimum Gasteiger partial charge on any atom is -0.357 e. The lowest BCUT2D eigenvalue weighted by atomic mass is 10.2. The molecule has 0 bridgehead atoms. The van der Waals surface area contributed by atoms with Gasteiger partial charge in [-0.1, -0.05) is 25.1 Å². The number of pyridine rings is 1. The fourth-order valence-corrected chi connectivity index (χ4v) is 2.04. The molecule has 0 fully saturated rings. The van der Waals surface area contributed by atoms with E-state index in [0.717, 1.165) is 43.4 Å². The van der Waals surface area contributed by atoms with Crippen LogP contribution in [0.1, 0.15) is 50.5 Å². The Bertz CT molecular complexity index is 623. The Morgan fingerprint density at radius 1 is 1.29 bits per heavy atom. The SMILES string of the molecule is CCNC(=NCc1ccccn1)NCCCc1nc(C(C)C)no1. The quantitative estimate of drug-likeness (QED) is 0.438. The van der Waals surface area contributed by atoms with Gasteiger partial charge < -0.3 is 15.2 Å². The molecule has 24 heavy (non-hydrogen) atoms. The Morgan fingerprint density at radius 2 is 2.17 bits per heavy atom. The van der Waals surface area contributed by atoms with Crippen molar-refractivity contribution in [2.24, 2.45) is 4.99 Å². The van der Waals surface area contributed by atoms with Gasteiger partial charge in [-0.3, -0.25) is 4.98 Å². The van der Waals surface area contributed by atoms with Crippen LogP contribution in [0, 0.1) is 0 Å².